The van der Waals surface area contributed by atoms with Crippen LogP contribution in [0.25, 0.3) is 0 Å². The van der Waals surface area contributed by atoms with Gasteiger partial charge in [0.05, 0.1) is 12.6 Å². The molecule has 1 aliphatic heterocycles. The molecule has 0 aliphatic carbocycles. The Morgan fingerprint density at radius 2 is 2.32 bits per heavy atom. The average molecular weight is 397 g/mol. The van der Waals surface area contributed by atoms with Gasteiger partial charge in [-0.25, -0.2) is 4.99 Å². The third-order valence-corrected chi connectivity index (χ3v) is 3.78. The Labute approximate surface area is 134 Å². The lowest BCUT2D eigenvalue weighted by molar-refractivity contribution is 0.114. The van der Waals surface area contributed by atoms with Gasteiger partial charge in [-0.2, -0.15) is 0 Å². The van der Waals surface area contributed by atoms with Crippen LogP contribution in [-0.4, -0.2) is 35.4 Å². The molecule has 2 rings (SSSR count). The second-order valence-electron chi connectivity index (χ2n) is 4.16. The van der Waals surface area contributed by atoms with Gasteiger partial charge in [0.25, 0.3) is 0 Å². The SMILES string of the molecule is CCc1nnc(CN=C(N)NCC2CCCO2)s1.I. The molecule has 0 radical (unpaired) electrons. The lowest BCUT2D eigenvalue weighted by Crippen LogP contribution is -2.37. The van der Waals surface area contributed by atoms with E-state index in [2.05, 4.69) is 27.4 Å². The number of hydrogen-bond acceptors (Lipinski definition) is 5. The van der Waals surface area contributed by atoms with Gasteiger partial charge in [-0.1, -0.05) is 18.3 Å². The topological polar surface area (TPSA) is 85.4 Å². The highest BCUT2D eigenvalue weighted by Crippen LogP contribution is 2.11. The molecule has 0 saturated carbocycles. The first-order chi connectivity index (χ1) is 8.78. The lowest BCUT2D eigenvalue weighted by atomic mass is 10.2. The van der Waals surface area contributed by atoms with Crippen molar-refractivity contribution in [3.63, 3.8) is 0 Å². The summed E-state index contributed by atoms with van der Waals surface area (Å²) in [5.41, 5.74) is 5.78. The standard InChI is InChI=1S/C11H19N5OS.HI/c1-2-9-15-16-10(18-9)7-14-11(12)13-6-8-4-3-5-17-8;/h8H,2-7H2,1H3,(H3,12,13,14);1H. The van der Waals surface area contributed by atoms with Crippen LogP contribution in [0.1, 0.15) is 29.8 Å². The molecule has 1 saturated heterocycles. The Morgan fingerprint density at radius 3 is 2.95 bits per heavy atom. The number of rotatable bonds is 5. The van der Waals surface area contributed by atoms with Crippen molar-refractivity contribution in [2.24, 2.45) is 10.7 Å². The Morgan fingerprint density at radius 1 is 1.53 bits per heavy atom. The molecule has 1 atom stereocenters. The molecule has 0 amide bonds. The summed E-state index contributed by atoms with van der Waals surface area (Å²) < 4.78 is 5.49. The molecule has 19 heavy (non-hydrogen) atoms. The summed E-state index contributed by atoms with van der Waals surface area (Å²) in [4.78, 5) is 4.24. The molecule has 2 heterocycles. The van der Waals surface area contributed by atoms with E-state index in [9.17, 15) is 0 Å². The van der Waals surface area contributed by atoms with E-state index >= 15 is 0 Å². The van der Waals surface area contributed by atoms with Gasteiger partial charge in [0.2, 0.25) is 0 Å². The van der Waals surface area contributed by atoms with E-state index in [1.54, 1.807) is 11.3 Å². The predicted molar refractivity (Wildman–Crippen MR) is 87.0 cm³/mol. The molecule has 0 bridgehead atoms. The maximum Gasteiger partial charge on any atom is 0.189 e. The van der Waals surface area contributed by atoms with Gasteiger partial charge < -0.3 is 15.8 Å². The third-order valence-electron chi connectivity index (χ3n) is 2.73. The Balaban J connectivity index is 0.00000180. The third kappa shape index (κ3) is 5.57. The van der Waals surface area contributed by atoms with Crippen molar-refractivity contribution in [1.29, 1.82) is 0 Å². The van der Waals surface area contributed by atoms with Crippen LogP contribution in [-0.2, 0) is 17.7 Å². The lowest BCUT2D eigenvalue weighted by Gasteiger charge is -2.10. The highest BCUT2D eigenvalue weighted by atomic mass is 127. The molecule has 8 heteroatoms. The monoisotopic (exact) mass is 397 g/mol. The predicted octanol–water partition coefficient (Wildman–Crippen LogP) is 1.30. The first kappa shape index (κ1) is 16.6. The summed E-state index contributed by atoms with van der Waals surface area (Å²) >= 11 is 1.58. The van der Waals surface area contributed by atoms with Crippen LogP contribution < -0.4 is 11.1 Å². The number of nitrogens with two attached hydrogens (primary N) is 1. The molecule has 1 aromatic rings. The normalized spacial score (nSPS) is 19.2. The summed E-state index contributed by atoms with van der Waals surface area (Å²) in [6.45, 7) is 4.13. The van der Waals surface area contributed by atoms with Crippen LogP contribution >= 0.6 is 35.3 Å². The van der Waals surface area contributed by atoms with E-state index < -0.39 is 0 Å². The summed E-state index contributed by atoms with van der Waals surface area (Å²) in [5.74, 6) is 0.443. The van der Waals surface area contributed by atoms with Crippen LogP contribution in [0.15, 0.2) is 4.99 Å². The van der Waals surface area contributed by atoms with E-state index in [1.807, 2.05) is 0 Å². The molecular weight excluding hydrogens is 377 g/mol. The number of hydrogen-bond donors (Lipinski definition) is 2. The van der Waals surface area contributed by atoms with Crippen molar-refractivity contribution in [2.45, 2.75) is 38.8 Å². The minimum atomic E-state index is 0. The summed E-state index contributed by atoms with van der Waals surface area (Å²) in [7, 11) is 0. The van der Waals surface area contributed by atoms with Gasteiger partial charge in [-0.05, 0) is 19.3 Å². The maximum absolute atomic E-state index is 5.78. The van der Waals surface area contributed by atoms with E-state index in [4.69, 9.17) is 10.5 Å². The van der Waals surface area contributed by atoms with Crippen molar-refractivity contribution >= 4 is 41.3 Å². The van der Waals surface area contributed by atoms with Crippen molar-refractivity contribution in [3.8, 4) is 0 Å². The molecule has 0 spiro atoms. The number of nitrogens with one attached hydrogen (secondary N) is 1. The van der Waals surface area contributed by atoms with E-state index in [-0.39, 0.29) is 30.1 Å². The minimum Gasteiger partial charge on any atom is -0.376 e. The van der Waals surface area contributed by atoms with Gasteiger partial charge in [0.15, 0.2) is 5.96 Å². The van der Waals surface area contributed by atoms with Crippen LogP contribution in [0.5, 0.6) is 0 Å². The number of ether oxygens (including phenoxy) is 1. The van der Waals surface area contributed by atoms with Gasteiger partial charge in [-0.15, -0.1) is 34.2 Å². The number of aryl methyl sites for hydroxylation is 1. The van der Waals surface area contributed by atoms with Crippen molar-refractivity contribution in [2.75, 3.05) is 13.2 Å². The first-order valence-corrected chi connectivity index (χ1v) is 7.06. The molecule has 6 nitrogen and oxygen atoms in total. The Bertz CT molecular complexity index is 406. The van der Waals surface area contributed by atoms with Gasteiger partial charge >= 0.3 is 0 Å². The second kappa shape index (κ2) is 8.64. The number of aromatic nitrogens is 2. The number of nitrogens with zero attached hydrogens (tertiary/aromatic N) is 3. The van der Waals surface area contributed by atoms with Crippen molar-refractivity contribution in [3.05, 3.63) is 10.0 Å². The molecule has 1 aliphatic rings. The van der Waals surface area contributed by atoms with Crippen LogP contribution in [0, 0.1) is 0 Å². The van der Waals surface area contributed by atoms with Crippen LogP contribution in [0.2, 0.25) is 0 Å². The van der Waals surface area contributed by atoms with E-state index in [0.29, 0.717) is 12.5 Å². The highest BCUT2D eigenvalue weighted by Gasteiger charge is 2.14. The fraction of sp³-hybridized carbons (Fsp3) is 0.727. The number of halogens is 1. The molecule has 0 aromatic carbocycles. The quantitative estimate of drug-likeness (QED) is 0.445. The highest BCUT2D eigenvalue weighted by molar-refractivity contribution is 14.0. The fourth-order valence-corrected chi connectivity index (χ4v) is 2.44. The van der Waals surface area contributed by atoms with Gasteiger partial charge in [0.1, 0.15) is 10.0 Å². The average Bonchev–Trinajstić information content (AvgIpc) is 3.04. The molecular formula is C11H20IN5OS. The van der Waals surface area contributed by atoms with E-state index in [1.165, 1.54) is 0 Å². The molecule has 108 valence electrons. The molecule has 1 unspecified atom stereocenters. The van der Waals surface area contributed by atoms with Gasteiger partial charge in [-0.3, -0.25) is 0 Å². The van der Waals surface area contributed by atoms with Crippen molar-refractivity contribution < 1.29 is 4.74 Å². The molecule has 1 fully saturated rings. The largest absolute Gasteiger partial charge is 0.376 e. The number of guanidine groups is 1. The number of aliphatic imine (C=N–C) groups is 1. The molecule has 3 N–H and O–H groups in total. The summed E-state index contributed by atoms with van der Waals surface area (Å²) in [6, 6.07) is 0. The zero-order chi connectivity index (χ0) is 12.8. The molecule has 1 aromatic heterocycles. The summed E-state index contributed by atoms with van der Waals surface area (Å²) in [5, 5.41) is 13.1. The fourth-order valence-electron chi connectivity index (χ4n) is 1.73. The minimum absolute atomic E-state index is 0. The Hall–Kier alpha value is -0.480. The maximum atomic E-state index is 5.78. The second-order valence-corrected chi connectivity index (χ2v) is 5.31. The summed E-state index contributed by atoms with van der Waals surface area (Å²) in [6.07, 6.45) is 3.41. The van der Waals surface area contributed by atoms with Crippen LogP contribution in [0.3, 0.4) is 0 Å². The van der Waals surface area contributed by atoms with E-state index in [0.717, 1.165) is 42.4 Å². The zero-order valence-electron chi connectivity index (χ0n) is 11.0. The Kier molecular flexibility index (Phi) is 7.54. The van der Waals surface area contributed by atoms with Crippen LogP contribution in [0.4, 0.5) is 0 Å². The first-order valence-electron chi connectivity index (χ1n) is 6.24. The zero-order valence-corrected chi connectivity index (χ0v) is 14.1. The smallest absolute Gasteiger partial charge is 0.189 e. The van der Waals surface area contributed by atoms with Crippen molar-refractivity contribution in [1.82, 2.24) is 15.5 Å². The van der Waals surface area contributed by atoms with Gasteiger partial charge in [0, 0.05) is 13.2 Å².